The van der Waals surface area contributed by atoms with Crippen LogP contribution < -0.4 is 0 Å². The highest BCUT2D eigenvalue weighted by molar-refractivity contribution is 5.99. The highest BCUT2D eigenvalue weighted by Crippen LogP contribution is 2.19. The summed E-state index contributed by atoms with van der Waals surface area (Å²) in [5.41, 5.74) is 0.947. The molecule has 6 heteroatoms. The van der Waals surface area contributed by atoms with Gasteiger partial charge in [0.2, 0.25) is 0 Å². The summed E-state index contributed by atoms with van der Waals surface area (Å²) in [6, 6.07) is 9.06. The van der Waals surface area contributed by atoms with Crippen molar-refractivity contribution in [3.63, 3.8) is 0 Å². The third kappa shape index (κ3) is 5.58. The fourth-order valence-electron chi connectivity index (χ4n) is 1.94. The van der Waals surface area contributed by atoms with Gasteiger partial charge in [0.25, 0.3) is 0 Å². The van der Waals surface area contributed by atoms with Gasteiger partial charge in [-0.05, 0) is 18.6 Å². The van der Waals surface area contributed by atoms with Crippen molar-refractivity contribution < 1.29 is 28.6 Å². The molecule has 0 aromatic heterocycles. The Bertz CT molecular complexity index is 560. The van der Waals surface area contributed by atoms with Gasteiger partial charge in [0.05, 0.1) is 20.8 Å². The van der Waals surface area contributed by atoms with Crippen LogP contribution >= 0.6 is 0 Å². The molecule has 0 aliphatic heterocycles. The maximum absolute atomic E-state index is 12.1. The molecule has 0 N–H and O–H groups in total. The summed E-state index contributed by atoms with van der Waals surface area (Å²) in [5.74, 6) is -3.33. The third-order valence-electron chi connectivity index (χ3n) is 3.07. The molecule has 23 heavy (non-hydrogen) atoms. The Balaban J connectivity index is 3.13. The van der Waals surface area contributed by atoms with Crippen LogP contribution in [0.5, 0.6) is 0 Å². The molecule has 0 radical (unpaired) electrons. The zero-order valence-corrected chi connectivity index (χ0v) is 13.4. The van der Waals surface area contributed by atoms with E-state index >= 15 is 0 Å². The summed E-state index contributed by atoms with van der Waals surface area (Å²) in [6.07, 6.45) is 1.42. The van der Waals surface area contributed by atoms with Gasteiger partial charge in [0, 0.05) is 12.0 Å². The molecule has 0 heterocycles. The van der Waals surface area contributed by atoms with Crippen LogP contribution in [0.3, 0.4) is 0 Å². The molecule has 124 valence electrons. The number of hydrogen-bond donors (Lipinski definition) is 0. The summed E-state index contributed by atoms with van der Waals surface area (Å²) in [5, 5.41) is 0. The lowest BCUT2D eigenvalue weighted by Gasteiger charge is -2.14. The SMILES string of the molecule is CCOC(=O)/C(=C\c1ccccc1)CC(C(=O)OC)C(=O)OC. The maximum Gasteiger partial charge on any atom is 0.334 e. The van der Waals surface area contributed by atoms with Crippen LogP contribution in [0.15, 0.2) is 35.9 Å². The minimum atomic E-state index is -1.22. The zero-order chi connectivity index (χ0) is 17.2. The average molecular weight is 320 g/mol. The Hall–Kier alpha value is -2.63. The van der Waals surface area contributed by atoms with E-state index in [1.165, 1.54) is 14.2 Å². The van der Waals surface area contributed by atoms with E-state index in [4.69, 9.17) is 4.74 Å². The highest BCUT2D eigenvalue weighted by atomic mass is 16.5. The first-order valence-electron chi connectivity index (χ1n) is 7.11. The van der Waals surface area contributed by atoms with Crippen molar-refractivity contribution in [3.8, 4) is 0 Å². The second-order valence-electron chi connectivity index (χ2n) is 4.60. The van der Waals surface area contributed by atoms with E-state index in [2.05, 4.69) is 9.47 Å². The number of methoxy groups -OCH3 is 2. The van der Waals surface area contributed by atoms with Crippen molar-refractivity contribution in [2.75, 3.05) is 20.8 Å². The first-order chi connectivity index (χ1) is 11.0. The maximum atomic E-state index is 12.1. The van der Waals surface area contributed by atoms with E-state index in [9.17, 15) is 14.4 Å². The molecule has 0 saturated heterocycles. The minimum absolute atomic E-state index is 0.160. The van der Waals surface area contributed by atoms with Crippen molar-refractivity contribution in [2.45, 2.75) is 13.3 Å². The Kier molecular flexibility index (Phi) is 7.53. The number of ether oxygens (including phenoxy) is 3. The number of carbonyl (C=O) groups is 3. The number of carbonyl (C=O) groups excluding carboxylic acids is 3. The molecule has 0 fully saturated rings. The molecular formula is C17H20O6. The number of esters is 3. The quantitative estimate of drug-likeness (QED) is 0.331. The fourth-order valence-corrected chi connectivity index (χ4v) is 1.94. The van der Waals surface area contributed by atoms with Gasteiger partial charge in [-0.1, -0.05) is 30.3 Å². The Morgan fingerprint density at radius 2 is 1.61 bits per heavy atom. The fraction of sp³-hybridized carbons (Fsp3) is 0.353. The van der Waals surface area contributed by atoms with Crippen LogP contribution in [0.2, 0.25) is 0 Å². The Morgan fingerprint density at radius 1 is 1.04 bits per heavy atom. The number of benzene rings is 1. The molecule has 0 amide bonds. The number of rotatable bonds is 7. The van der Waals surface area contributed by atoms with Crippen molar-refractivity contribution >= 4 is 24.0 Å². The summed E-state index contributed by atoms with van der Waals surface area (Å²) in [6.45, 7) is 1.86. The molecule has 0 bridgehead atoms. The molecule has 1 aromatic carbocycles. The van der Waals surface area contributed by atoms with Gasteiger partial charge in [-0.15, -0.1) is 0 Å². The second kappa shape index (κ2) is 9.40. The van der Waals surface area contributed by atoms with Gasteiger partial charge >= 0.3 is 17.9 Å². The molecule has 0 atom stereocenters. The molecule has 6 nitrogen and oxygen atoms in total. The van der Waals surface area contributed by atoms with Crippen LogP contribution in [-0.2, 0) is 28.6 Å². The van der Waals surface area contributed by atoms with Crippen molar-refractivity contribution in [3.05, 3.63) is 41.5 Å². The third-order valence-corrected chi connectivity index (χ3v) is 3.07. The zero-order valence-electron chi connectivity index (χ0n) is 13.4. The van der Waals surface area contributed by atoms with Gasteiger partial charge in [0.1, 0.15) is 0 Å². The number of hydrogen-bond acceptors (Lipinski definition) is 6. The first kappa shape index (κ1) is 18.4. The van der Waals surface area contributed by atoms with Crippen molar-refractivity contribution in [2.24, 2.45) is 5.92 Å². The van der Waals surface area contributed by atoms with Crippen molar-refractivity contribution in [1.82, 2.24) is 0 Å². The molecular weight excluding hydrogens is 300 g/mol. The van der Waals surface area contributed by atoms with Crippen molar-refractivity contribution in [1.29, 1.82) is 0 Å². The van der Waals surface area contributed by atoms with Crippen LogP contribution in [0.25, 0.3) is 6.08 Å². The lowest BCUT2D eigenvalue weighted by atomic mass is 9.97. The Morgan fingerprint density at radius 3 is 2.09 bits per heavy atom. The lowest BCUT2D eigenvalue weighted by Crippen LogP contribution is -2.28. The van der Waals surface area contributed by atoms with Crippen LogP contribution in [-0.4, -0.2) is 38.7 Å². The minimum Gasteiger partial charge on any atom is -0.468 e. The van der Waals surface area contributed by atoms with E-state index in [0.29, 0.717) is 0 Å². The smallest absolute Gasteiger partial charge is 0.334 e. The topological polar surface area (TPSA) is 78.9 Å². The van der Waals surface area contributed by atoms with E-state index in [0.717, 1.165) is 5.56 Å². The Labute approximate surface area is 135 Å². The van der Waals surface area contributed by atoms with Gasteiger partial charge in [0.15, 0.2) is 5.92 Å². The van der Waals surface area contributed by atoms with E-state index in [1.54, 1.807) is 25.1 Å². The molecule has 0 aliphatic carbocycles. The molecule has 1 rings (SSSR count). The van der Waals surface area contributed by atoms with Crippen LogP contribution in [0.4, 0.5) is 0 Å². The highest BCUT2D eigenvalue weighted by Gasteiger charge is 2.31. The van der Waals surface area contributed by atoms with Gasteiger partial charge < -0.3 is 14.2 Å². The molecule has 0 saturated carbocycles. The lowest BCUT2D eigenvalue weighted by molar-refractivity contribution is -0.158. The predicted octanol–water partition coefficient (Wildman–Crippen LogP) is 1.99. The summed E-state index contributed by atoms with van der Waals surface area (Å²) in [4.78, 5) is 35.7. The van der Waals surface area contributed by atoms with Crippen LogP contribution in [0.1, 0.15) is 18.9 Å². The van der Waals surface area contributed by atoms with Gasteiger partial charge in [-0.2, -0.15) is 0 Å². The van der Waals surface area contributed by atoms with Crippen LogP contribution in [0, 0.1) is 5.92 Å². The predicted molar refractivity (Wildman–Crippen MR) is 83.2 cm³/mol. The summed E-state index contributed by atoms with van der Waals surface area (Å²) >= 11 is 0. The summed E-state index contributed by atoms with van der Waals surface area (Å²) < 4.78 is 14.2. The van der Waals surface area contributed by atoms with E-state index in [-0.39, 0.29) is 18.6 Å². The second-order valence-corrected chi connectivity index (χ2v) is 4.60. The largest absolute Gasteiger partial charge is 0.468 e. The molecule has 0 unspecified atom stereocenters. The van der Waals surface area contributed by atoms with Gasteiger partial charge in [-0.3, -0.25) is 9.59 Å². The van der Waals surface area contributed by atoms with E-state index in [1.807, 2.05) is 18.2 Å². The molecule has 0 aliphatic rings. The monoisotopic (exact) mass is 320 g/mol. The summed E-state index contributed by atoms with van der Waals surface area (Å²) in [7, 11) is 2.34. The van der Waals surface area contributed by atoms with E-state index < -0.39 is 23.8 Å². The first-order valence-corrected chi connectivity index (χ1v) is 7.11. The molecule has 0 spiro atoms. The average Bonchev–Trinajstić information content (AvgIpc) is 2.58. The van der Waals surface area contributed by atoms with Gasteiger partial charge in [-0.25, -0.2) is 4.79 Å². The molecule has 1 aromatic rings. The standard InChI is InChI=1S/C17H20O6/c1-4-23-15(18)13(10-12-8-6-5-7-9-12)11-14(16(19)21-2)17(20)22-3/h5-10,14H,4,11H2,1-3H3/b13-10-. The normalized spacial score (nSPS) is 11.0.